The van der Waals surface area contributed by atoms with Gasteiger partial charge in [0.15, 0.2) is 0 Å². The van der Waals surface area contributed by atoms with Crippen LogP contribution in [0.15, 0.2) is 36.4 Å². The highest BCUT2D eigenvalue weighted by Gasteiger charge is 2.08. The fourth-order valence-electron chi connectivity index (χ4n) is 2.30. The third-order valence-corrected chi connectivity index (χ3v) is 3.50. The lowest BCUT2D eigenvalue weighted by Gasteiger charge is -2.15. The molecular weight excluding hydrogens is 268 g/mol. The van der Waals surface area contributed by atoms with Crippen molar-refractivity contribution in [3.63, 3.8) is 0 Å². The monoisotopic (exact) mass is 288 g/mol. The van der Waals surface area contributed by atoms with Crippen molar-refractivity contribution in [2.75, 3.05) is 25.6 Å². The molecule has 1 atom stereocenters. The summed E-state index contributed by atoms with van der Waals surface area (Å²) >= 11 is 5.11. The van der Waals surface area contributed by atoms with Crippen LogP contribution >= 0.6 is 12.2 Å². The van der Waals surface area contributed by atoms with E-state index in [9.17, 15) is 0 Å². The SMILES string of the molecule is COCC(C)CNc1ccc(C(N)=S)c2ccccc12. The average molecular weight is 288 g/mol. The van der Waals surface area contributed by atoms with Gasteiger partial charge in [0.25, 0.3) is 0 Å². The molecule has 0 aliphatic carbocycles. The van der Waals surface area contributed by atoms with Crippen LogP contribution in [-0.4, -0.2) is 25.2 Å². The van der Waals surface area contributed by atoms with Gasteiger partial charge in [0.05, 0.1) is 6.61 Å². The lowest BCUT2D eigenvalue weighted by atomic mass is 10.0. The maximum absolute atomic E-state index is 5.79. The number of thiocarbonyl (C=S) groups is 1. The number of hydrogen-bond donors (Lipinski definition) is 2. The first-order chi connectivity index (χ1) is 9.63. The molecule has 0 amide bonds. The fourth-order valence-corrected chi connectivity index (χ4v) is 2.47. The number of methoxy groups -OCH3 is 1. The van der Waals surface area contributed by atoms with E-state index in [-0.39, 0.29) is 0 Å². The Hall–Kier alpha value is -1.65. The quantitative estimate of drug-likeness (QED) is 0.802. The van der Waals surface area contributed by atoms with Gasteiger partial charge in [-0.2, -0.15) is 0 Å². The number of rotatable bonds is 6. The molecule has 0 fully saturated rings. The van der Waals surface area contributed by atoms with Crippen LogP contribution in [0.3, 0.4) is 0 Å². The van der Waals surface area contributed by atoms with Gasteiger partial charge >= 0.3 is 0 Å². The van der Waals surface area contributed by atoms with Crippen molar-refractivity contribution in [3.05, 3.63) is 42.0 Å². The molecule has 0 radical (unpaired) electrons. The van der Waals surface area contributed by atoms with Crippen molar-refractivity contribution in [2.24, 2.45) is 11.7 Å². The van der Waals surface area contributed by atoms with Crippen LogP contribution in [0.1, 0.15) is 12.5 Å². The normalized spacial score (nSPS) is 12.3. The predicted molar refractivity (Wildman–Crippen MR) is 89.4 cm³/mol. The van der Waals surface area contributed by atoms with Gasteiger partial charge < -0.3 is 15.8 Å². The van der Waals surface area contributed by atoms with Gasteiger partial charge in [-0.25, -0.2) is 0 Å². The second-order valence-corrected chi connectivity index (χ2v) is 5.45. The highest BCUT2D eigenvalue weighted by Crippen LogP contribution is 2.26. The van der Waals surface area contributed by atoms with Gasteiger partial charge in [0.1, 0.15) is 4.99 Å². The van der Waals surface area contributed by atoms with Crippen LogP contribution in [0, 0.1) is 5.92 Å². The zero-order valence-electron chi connectivity index (χ0n) is 11.8. The zero-order chi connectivity index (χ0) is 14.5. The first-order valence-electron chi connectivity index (χ1n) is 6.68. The second-order valence-electron chi connectivity index (χ2n) is 5.01. The maximum atomic E-state index is 5.79. The third kappa shape index (κ3) is 3.26. The molecule has 0 saturated carbocycles. The Balaban J connectivity index is 2.31. The minimum absolute atomic E-state index is 0.431. The standard InChI is InChI=1S/C16H20N2OS/c1-11(10-19-2)9-18-15-8-7-14(16(17)20)12-5-3-4-6-13(12)15/h3-8,11,18H,9-10H2,1-2H3,(H2,17,20). The molecule has 106 valence electrons. The van der Waals surface area contributed by atoms with E-state index < -0.39 is 0 Å². The van der Waals surface area contributed by atoms with Gasteiger partial charge in [-0.3, -0.25) is 0 Å². The number of nitrogens with one attached hydrogen (secondary N) is 1. The largest absolute Gasteiger partial charge is 0.389 e. The molecule has 3 nitrogen and oxygen atoms in total. The number of hydrogen-bond acceptors (Lipinski definition) is 3. The zero-order valence-corrected chi connectivity index (χ0v) is 12.7. The van der Waals surface area contributed by atoms with E-state index in [0.29, 0.717) is 10.9 Å². The summed E-state index contributed by atoms with van der Waals surface area (Å²) in [4.78, 5) is 0.431. The summed E-state index contributed by atoms with van der Waals surface area (Å²) in [7, 11) is 1.73. The topological polar surface area (TPSA) is 47.3 Å². The number of ether oxygens (including phenoxy) is 1. The summed E-state index contributed by atoms with van der Waals surface area (Å²) in [5, 5.41) is 5.70. The van der Waals surface area contributed by atoms with Crippen molar-refractivity contribution in [2.45, 2.75) is 6.92 Å². The first-order valence-corrected chi connectivity index (χ1v) is 7.08. The first kappa shape index (κ1) is 14.8. The average Bonchev–Trinajstić information content (AvgIpc) is 2.44. The summed E-state index contributed by atoms with van der Waals surface area (Å²) in [6, 6.07) is 12.2. The summed E-state index contributed by atoms with van der Waals surface area (Å²) in [5.41, 5.74) is 7.81. The summed E-state index contributed by atoms with van der Waals surface area (Å²) in [6.45, 7) is 3.77. The molecule has 0 bridgehead atoms. The van der Waals surface area contributed by atoms with E-state index in [1.807, 2.05) is 30.3 Å². The van der Waals surface area contributed by atoms with Gasteiger partial charge in [0, 0.05) is 30.3 Å². The Morgan fingerprint density at radius 2 is 1.95 bits per heavy atom. The molecule has 0 aliphatic heterocycles. The van der Waals surface area contributed by atoms with E-state index in [4.69, 9.17) is 22.7 Å². The summed E-state index contributed by atoms with van der Waals surface area (Å²) in [5.74, 6) is 0.453. The van der Waals surface area contributed by atoms with Crippen LogP contribution < -0.4 is 11.1 Å². The van der Waals surface area contributed by atoms with Gasteiger partial charge in [-0.1, -0.05) is 43.4 Å². The maximum Gasteiger partial charge on any atom is 0.104 e. The molecule has 0 spiro atoms. The Bertz CT molecular complexity index is 612. The minimum atomic E-state index is 0.431. The summed E-state index contributed by atoms with van der Waals surface area (Å²) in [6.07, 6.45) is 0. The van der Waals surface area contributed by atoms with Crippen molar-refractivity contribution in [1.29, 1.82) is 0 Å². The van der Waals surface area contributed by atoms with Crippen LogP contribution in [0.5, 0.6) is 0 Å². The number of nitrogens with two attached hydrogens (primary N) is 1. The molecule has 0 aromatic heterocycles. The highest BCUT2D eigenvalue weighted by molar-refractivity contribution is 7.80. The van der Waals surface area contributed by atoms with E-state index in [0.717, 1.165) is 35.2 Å². The minimum Gasteiger partial charge on any atom is -0.389 e. The Labute approximate surface area is 125 Å². The Kier molecular flexibility index (Phi) is 4.93. The Morgan fingerprint density at radius 1 is 1.25 bits per heavy atom. The fraction of sp³-hybridized carbons (Fsp3) is 0.312. The molecule has 4 heteroatoms. The van der Waals surface area contributed by atoms with E-state index in [1.165, 1.54) is 0 Å². The Morgan fingerprint density at radius 3 is 2.60 bits per heavy atom. The smallest absolute Gasteiger partial charge is 0.104 e. The van der Waals surface area contributed by atoms with Gasteiger partial charge in [-0.05, 0) is 23.4 Å². The molecule has 0 saturated heterocycles. The highest BCUT2D eigenvalue weighted by atomic mass is 32.1. The van der Waals surface area contributed by atoms with E-state index >= 15 is 0 Å². The molecular formula is C16H20N2OS. The van der Waals surface area contributed by atoms with Crippen LogP contribution in [0.4, 0.5) is 5.69 Å². The van der Waals surface area contributed by atoms with E-state index in [2.05, 4.69) is 18.3 Å². The lowest BCUT2D eigenvalue weighted by Crippen LogP contribution is -2.16. The van der Waals surface area contributed by atoms with Crippen molar-refractivity contribution < 1.29 is 4.74 Å². The molecule has 20 heavy (non-hydrogen) atoms. The molecule has 0 aliphatic rings. The van der Waals surface area contributed by atoms with Crippen molar-refractivity contribution in [1.82, 2.24) is 0 Å². The molecule has 2 rings (SSSR count). The second kappa shape index (κ2) is 6.68. The number of benzene rings is 2. The number of fused-ring (bicyclic) bond motifs is 1. The van der Waals surface area contributed by atoms with Crippen molar-refractivity contribution >= 4 is 33.7 Å². The molecule has 0 heterocycles. The van der Waals surface area contributed by atoms with E-state index in [1.54, 1.807) is 7.11 Å². The third-order valence-electron chi connectivity index (χ3n) is 3.28. The molecule has 2 aromatic carbocycles. The molecule has 2 aromatic rings. The van der Waals surface area contributed by atoms with Gasteiger partial charge in [0.2, 0.25) is 0 Å². The molecule has 1 unspecified atom stereocenters. The lowest BCUT2D eigenvalue weighted by molar-refractivity contribution is 0.164. The van der Waals surface area contributed by atoms with Crippen LogP contribution in [0.25, 0.3) is 10.8 Å². The predicted octanol–water partition coefficient (Wildman–Crippen LogP) is 3.17. The van der Waals surface area contributed by atoms with Crippen LogP contribution in [-0.2, 0) is 4.74 Å². The number of anilines is 1. The van der Waals surface area contributed by atoms with Crippen LogP contribution in [0.2, 0.25) is 0 Å². The summed E-state index contributed by atoms with van der Waals surface area (Å²) < 4.78 is 5.16. The van der Waals surface area contributed by atoms with Gasteiger partial charge in [-0.15, -0.1) is 0 Å². The van der Waals surface area contributed by atoms with Crippen molar-refractivity contribution in [3.8, 4) is 0 Å². The molecule has 3 N–H and O–H groups in total.